The molecule has 2 heterocycles. The fourth-order valence-electron chi connectivity index (χ4n) is 3.96. The highest BCUT2D eigenvalue weighted by Gasteiger charge is 2.30. The molecular formula is C26H36ClN5O3Si. The van der Waals surface area contributed by atoms with Gasteiger partial charge in [0.2, 0.25) is 5.95 Å². The zero-order valence-corrected chi connectivity index (χ0v) is 23.7. The Morgan fingerprint density at radius 1 is 1.28 bits per heavy atom. The van der Waals surface area contributed by atoms with E-state index in [0.29, 0.717) is 36.3 Å². The van der Waals surface area contributed by atoms with Gasteiger partial charge in [-0.15, -0.1) is 5.54 Å². The number of piperidine rings is 1. The second-order valence-electron chi connectivity index (χ2n) is 11.1. The number of primary amides is 1. The van der Waals surface area contributed by atoms with Crippen molar-refractivity contribution in [1.29, 1.82) is 0 Å². The van der Waals surface area contributed by atoms with Crippen molar-refractivity contribution >= 4 is 37.6 Å². The van der Waals surface area contributed by atoms with Crippen LogP contribution in [0.25, 0.3) is 0 Å². The number of anilines is 1. The van der Waals surface area contributed by atoms with E-state index in [1.807, 2.05) is 45.0 Å². The van der Waals surface area contributed by atoms with Gasteiger partial charge in [-0.2, -0.15) is 0 Å². The van der Waals surface area contributed by atoms with Gasteiger partial charge in [-0.25, -0.2) is 9.78 Å². The van der Waals surface area contributed by atoms with Crippen molar-refractivity contribution in [3.05, 3.63) is 46.2 Å². The normalized spacial score (nSPS) is 16.2. The van der Waals surface area contributed by atoms with Gasteiger partial charge in [-0.3, -0.25) is 4.79 Å². The molecule has 1 atom stereocenters. The molecule has 8 nitrogen and oxygen atoms in total. The van der Waals surface area contributed by atoms with Crippen LogP contribution in [0.3, 0.4) is 0 Å². The Balaban J connectivity index is 2.01. The number of ether oxygens (including phenoxy) is 1. The number of hydrogen-bond acceptors (Lipinski definition) is 5. The van der Waals surface area contributed by atoms with E-state index in [-0.39, 0.29) is 11.7 Å². The standard InChI is InChI=1S/C26H36ClN5O3Si/c1-26(2,3)35-25(34)29-19-11-9-14-31(17-19)24-30-21(13-15-36(4,5)6)22(23(28)33)32(24)16-18-10-7-8-12-20(18)27/h7-8,10,12,19H,9,11,14,16-17H2,1-6H3,(H2,28,33)(H,29,34)/t19-/m1/s1. The van der Waals surface area contributed by atoms with Crippen LogP contribution in [0.5, 0.6) is 0 Å². The highest BCUT2D eigenvalue weighted by atomic mass is 35.5. The van der Waals surface area contributed by atoms with Gasteiger partial charge in [0.15, 0.2) is 0 Å². The predicted octanol–water partition coefficient (Wildman–Crippen LogP) is 4.41. The van der Waals surface area contributed by atoms with E-state index in [0.717, 1.165) is 18.4 Å². The zero-order valence-electron chi connectivity index (χ0n) is 21.9. The smallest absolute Gasteiger partial charge is 0.407 e. The van der Waals surface area contributed by atoms with Crippen molar-refractivity contribution in [1.82, 2.24) is 14.9 Å². The number of imidazole rings is 1. The molecule has 0 bridgehead atoms. The van der Waals surface area contributed by atoms with Crippen LogP contribution < -0.4 is 16.0 Å². The van der Waals surface area contributed by atoms with Crippen molar-refractivity contribution in [2.75, 3.05) is 18.0 Å². The van der Waals surface area contributed by atoms with E-state index in [1.54, 1.807) is 4.57 Å². The van der Waals surface area contributed by atoms with Gasteiger partial charge in [0.1, 0.15) is 25.1 Å². The van der Waals surface area contributed by atoms with Crippen LogP contribution in [0, 0.1) is 11.5 Å². The lowest BCUT2D eigenvalue weighted by Crippen LogP contribution is -2.49. The van der Waals surface area contributed by atoms with Gasteiger partial charge < -0.3 is 25.3 Å². The van der Waals surface area contributed by atoms with Crippen LogP contribution in [-0.4, -0.2) is 54.4 Å². The van der Waals surface area contributed by atoms with Gasteiger partial charge in [0, 0.05) is 24.2 Å². The molecule has 194 valence electrons. The molecule has 0 unspecified atom stereocenters. The van der Waals surface area contributed by atoms with E-state index in [4.69, 9.17) is 27.1 Å². The molecule has 0 saturated carbocycles. The topological polar surface area (TPSA) is 102 Å². The van der Waals surface area contributed by atoms with E-state index in [1.165, 1.54) is 0 Å². The minimum absolute atomic E-state index is 0.132. The van der Waals surface area contributed by atoms with E-state index < -0.39 is 25.7 Å². The van der Waals surface area contributed by atoms with Gasteiger partial charge in [-0.1, -0.05) is 55.4 Å². The summed E-state index contributed by atoms with van der Waals surface area (Å²) in [5.74, 6) is 3.12. The number of amides is 2. The predicted molar refractivity (Wildman–Crippen MR) is 146 cm³/mol. The van der Waals surface area contributed by atoms with E-state index in [9.17, 15) is 9.59 Å². The lowest BCUT2D eigenvalue weighted by atomic mass is 10.1. The molecule has 1 aromatic heterocycles. The van der Waals surface area contributed by atoms with Gasteiger partial charge >= 0.3 is 6.09 Å². The van der Waals surface area contributed by atoms with Crippen molar-refractivity contribution in [3.63, 3.8) is 0 Å². The molecule has 0 radical (unpaired) electrons. The first-order valence-electron chi connectivity index (χ1n) is 12.1. The largest absolute Gasteiger partial charge is 0.444 e. The quantitative estimate of drug-likeness (QED) is 0.441. The maximum absolute atomic E-state index is 12.7. The number of halogens is 1. The average Bonchev–Trinajstić information content (AvgIpc) is 3.11. The first-order valence-corrected chi connectivity index (χ1v) is 16.0. The van der Waals surface area contributed by atoms with Gasteiger partial charge in [0.25, 0.3) is 5.91 Å². The highest BCUT2D eigenvalue weighted by molar-refractivity contribution is 6.83. The van der Waals surface area contributed by atoms with Crippen molar-refractivity contribution in [2.24, 2.45) is 5.73 Å². The molecule has 1 fully saturated rings. The molecule has 1 aromatic carbocycles. The molecule has 2 aromatic rings. The summed E-state index contributed by atoms with van der Waals surface area (Å²) in [6.45, 7) is 13.4. The summed E-state index contributed by atoms with van der Waals surface area (Å²) in [7, 11) is -1.74. The molecule has 3 rings (SSSR count). The third kappa shape index (κ3) is 7.52. The molecular weight excluding hydrogens is 494 g/mol. The third-order valence-corrected chi connectivity index (χ3v) is 6.69. The summed E-state index contributed by atoms with van der Waals surface area (Å²) in [6.07, 6.45) is 1.20. The number of alkyl carbamates (subject to hydrolysis) is 1. The summed E-state index contributed by atoms with van der Waals surface area (Å²) in [5.41, 5.74) is 10.0. The Morgan fingerprint density at radius 2 is 1.97 bits per heavy atom. The number of hydrogen-bond donors (Lipinski definition) is 2. The fraction of sp³-hybridized carbons (Fsp3) is 0.500. The van der Waals surface area contributed by atoms with Crippen molar-refractivity contribution in [3.8, 4) is 11.5 Å². The number of rotatable bonds is 5. The Morgan fingerprint density at radius 3 is 2.58 bits per heavy atom. The maximum Gasteiger partial charge on any atom is 0.407 e. The van der Waals surface area contributed by atoms with Crippen LogP contribution in [-0.2, 0) is 11.3 Å². The molecule has 0 spiro atoms. The number of nitrogens with two attached hydrogens (primary N) is 1. The van der Waals surface area contributed by atoms with E-state index in [2.05, 4.69) is 41.3 Å². The number of nitrogens with one attached hydrogen (secondary N) is 1. The summed E-state index contributed by atoms with van der Waals surface area (Å²) >= 11 is 6.46. The van der Waals surface area contributed by atoms with E-state index >= 15 is 0 Å². The van der Waals surface area contributed by atoms with Crippen LogP contribution in [0.2, 0.25) is 24.7 Å². The summed E-state index contributed by atoms with van der Waals surface area (Å²) in [5, 5.41) is 3.56. The number of aromatic nitrogens is 2. The van der Waals surface area contributed by atoms with Crippen molar-refractivity contribution < 1.29 is 14.3 Å². The van der Waals surface area contributed by atoms with Crippen LogP contribution in [0.4, 0.5) is 10.7 Å². The fourth-order valence-corrected chi connectivity index (χ4v) is 4.65. The first kappa shape index (κ1) is 27.6. The molecule has 1 aliphatic rings. The SMILES string of the molecule is CC(C)(C)OC(=O)N[C@@H]1CCCN(c2nc(C#C[Si](C)(C)C)c(C(N)=O)n2Cc2ccccc2Cl)C1. The van der Waals surface area contributed by atoms with Crippen LogP contribution >= 0.6 is 11.6 Å². The molecule has 2 amide bonds. The highest BCUT2D eigenvalue weighted by Crippen LogP contribution is 2.27. The monoisotopic (exact) mass is 529 g/mol. The molecule has 1 saturated heterocycles. The zero-order chi connectivity index (χ0) is 26.7. The average molecular weight is 530 g/mol. The number of benzene rings is 1. The Hall–Kier alpha value is -2.96. The molecule has 3 N–H and O–H groups in total. The molecule has 36 heavy (non-hydrogen) atoms. The summed E-state index contributed by atoms with van der Waals surface area (Å²) in [6, 6.07) is 7.35. The van der Waals surface area contributed by atoms with Crippen molar-refractivity contribution in [2.45, 2.75) is 71.4 Å². The maximum atomic E-state index is 12.7. The molecule has 10 heteroatoms. The van der Waals surface area contributed by atoms with Crippen LogP contribution in [0.1, 0.15) is 55.4 Å². The van der Waals surface area contributed by atoms with Gasteiger partial charge in [0.05, 0.1) is 6.54 Å². The Kier molecular flexibility index (Phi) is 8.42. The lowest BCUT2D eigenvalue weighted by Gasteiger charge is -2.34. The molecule has 0 aliphatic carbocycles. The minimum Gasteiger partial charge on any atom is -0.444 e. The molecule has 1 aliphatic heterocycles. The Labute approximate surface area is 219 Å². The number of nitrogens with zero attached hydrogens (tertiary/aromatic N) is 3. The Bertz CT molecular complexity index is 1190. The second-order valence-corrected chi connectivity index (χ2v) is 16.2. The minimum atomic E-state index is -1.74. The van der Waals surface area contributed by atoms with Gasteiger partial charge in [-0.05, 0) is 45.2 Å². The number of carbonyl (C=O) groups is 2. The summed E-state index contributed by atoms with van der Waals surface area (Å²) < 4.78 is 7.24. The first-order chi connectivity index (χ1) is 16.7. The lowest BCUT2D eigenvalue weighted by molar-refractivity contribution is 0.0499. The summed E-state index contributed by atoms with van der Waals surface area (Å²) in [4.78, 5) is 31.9. The van der Waals surface area contributed by atoms with Crippen LogP contribution in [0.15, 0.2) is 24.3 Å². The third-order valence-electron chi connectivity index (χ3n) is 5.45. The number of carbonyl (C=O) groups excluding carboxylic acids is 2. The second kappa shape index (κ2) is 11.0.